The Labute approximate surface area is 106 Å². The van der Waals surface area contributed by atoms with Crippen LogP contribution in [-0.2, 0) is 0 Å². The van der Waals surface area contributed by atoms with Gasteiger partial charge in [-0.1, -0.05) is 43.2 Å². The van der Waals surface area contributed by atoms with E-state index in [1.54, 1.807) is 0 Å². The quantitative estimate of drug-likeness (QED) is 0.557. The van der Waals surface area contributed by atoms with Gasteiger partial charge in [-0.3, -0.25) is 0 Å². The van der Waals surface area contributed by atoms with Gasteiger partial charge in [0.2, 0.25) is 0 Å². The van der Waals surface area contributed by atoms with E-state index in [0.29, 0.717) is 11.3 Å². The van der Waals surface area contributed by atoms with E-state index in [2.05, 4.69) is 27.4 Å². The van der Waals surface area contributed by atoms with E-state index in [-0.39, 0.29) is 0 Å². The lowest BCUT2D eigenvalue weighted by Crippen LogP contribution is -2.29. The minimum atomic E-state index is 0.426. The van der Waals surface area contributed by atoms with Gasteiger partial charge in [-0.15, -0.1) is 0 Å². The van der Waals surface area contributed by atoms with Crippen LogP contribution >= 0.6 is 11.6 Å². The van der Waals surface area contributed by atoms with Crippen molar-refractivity contribution in [3.05, 3.63) is 22.8 Å². The zero-order chi connectivity index (χ0) is 12.3. The largest absolute Gasteiger partial charge is 0.0996 e. The van der Waals surface area contributed by atoms with Crippen LogP contribution in [0.15, 0.2) is 22.8 Å². The first kappa shape index (κ1) is 13.8. The number of rotatable bonds is 3. The van der Waals surface area contributed by atoms with Crippen LogP contribution in [0.25, 0.3) is 0 Å². The highest BCUT2D eigenvalue weighted by Crippen LogP contribution is 2.45. The average molecular weight is 241 g/mol. The molecule has 1 aliphatic carbocycles. The molecular formula is C15H25Cl. The lowest BCUT2D eigenvalue weighted by Gasteiger charge is -2.40. The van der Waals surface area contributed by atoms with E-state index in [1.165, 1.54) is 36.8 Å². The first-order valence-corrected chi connectivity index (χ1v) is 6.72. The molecule has 0 N–H and O–H groups in total. The lowest BCUT2D eigenvalue weighted by molar-refractivity contribution is 0.180. The number of hydrogen-bond donors (Lipinski definition) is 0. The fourth-order valence-electron chi connectivity index (χ4n) is 2.80. The smallest absolute Gasteiger partial charge is 0.0139 e. The SMILES string of the molecule is C=C1CCCC(C)(C)C1CC/C(C)=C(\C)Cl. The number of hydrogen-bond acceptors (Lipinski definition) is 0. The molecule has 0 radical (unpaired) electrons. The molecule has 0 aliphatic heterocycles. The molecule has 1 saturated carbocycles. The third kappa shape index (κ3) is 3.38. The van der Waals surface area contributed by atoms with E-state index < -0.39 is 0 Å². The Kier molecular flexibility index (Phi) is 4.67. The van der Waals surface area contributed by atoms with Crippen molar-refractivity contribution in [2.24, 2.45) is 11.3 Å². The summed E-state index contributed by atoms with van der Waals surface area (Å²) in [7, 11) is 0. The summed E-state index contributed by atoms with van der Waals surface area (Å²) in [6.07, 6.45) is 6.19. The van der Waals surface area contributed by atoms with Crippen molar-refractivity contribution in [2.45, 2.75) is 59.8 Å². The second kappa shape index (κ2) is 5.40. The highest BCUT2D eigenvalue weighted by molar-refractivity contribution is 6.29. The number of allylic oxidation sites excluding steroid dienone is 3. The third-order valence-electron chi connectivity index (χ3n) is 4.15. The standard InChI is InChI=1S/C15H25Cl/c1-11(13(3)16)8-9-14-12(2)7-6-10-15(14,4)5/h14H,2,6-10H2,1,3-5H3/b13-11+. The summed E-state index contributed by atoms with van der Waals surface area (Å²) in [5, 5.41) is 0.958. The second-order valence-electron chi connectivity index (χ2n) is 5.91. The van der Waals surface area contributed by atoms with Gasteiger partial charge < -0.3 is 0 Å². The summed E-state index contributed by atoms with van der Waals surface area (Å²) in [6, 6.07) is 0. The van der Waals surface area contributed by atoms with Gasteiger partial charge in [-0.2, -0.15) is 0 Å². The van der Waals surface area contributed by atoms with Gasteiger partial charge in [-0.05, 0) is 57.3 Å². The van der Waals surface area contributed by atoms with Crippen LogP contribution in [0.3, 0.4) is 0 Å². The van der Waals surface area contributed by atoms with Crippen LogP contribution in [0.4, 0.5) is 0 Å². The van der Waals surface area contributed by atoms with E-state index in [9.17, 15) is 0 Å². The molecule has 1 heteroatoms. The topological polar surface area (TPSA) is 0 Å². The van der Waals surface area contributed by atoms with E-state index in [0.717, 1.165) is 11.5 Å². The minimum absolute atomic E-state index is 0.426. The van der Waals surface area contributed by atoms with Crippen LogP contribution in [0.5, 0.6) is 0 Å². The van der Waals surface area contributed by atoms with Crippen molar-refractivity contribution < 1.29 is 0 Å². The monoisotopic (exact) mass is 240 g/mol. The number of halogens is 1. The first-order chi connectivity index (χ1) is 7.34. The molecular weight excluding hydrogens is 216 g/mol. The zero-order valence-electron chi connectivity index (χ0n) is 11.2. The van der Waals surface area contributed by atoms with Gasteiger partial charge in [0.05, 0.1) is 0 Å². The Morgan fingerprint density at radius 3 is 2.56 bits per heavy atom. The van der Waals surface area contributed by atoms with E-state index in [1.807, 2.05) is 6.92 Å². The molecule has 1 rings (SSSR count). The maximum absolute atomic E-state index is 6.01. The molecule has 0 aromatic rings. The summed E-state index contributed by atoms with van der Waals surface area (Å²) >= 11 is 6.01. The van der Waals surface area contributed by atoms with Crippen LogP contribution in [-0.4, -0.2) is 0 Å². The van der Waals surface area contributed by atoms with Gasteiger partial charge in [0.1, 0.15) is 0 Å². The van der Waals surface area contributed by atoms with Crippen molar-refractivity contribution in [3.63, 3.8) is 0 Å². The minimum Gasteiger partial charge on any atom is -0.0996 e. The molecule has 1 aliphatic rings. The molecule has 0 saturated heterocycles. The Bertz CT molecular complexity index is 293. The average Bonchev–Trinajstić information content (AvgIpc) is 2.15. The van der Waals surface area contributed by atoms with Crippen LogP contribution < -0.4 is 0 Å². The van der Waals surface area contributed by atoms with E-state index >= 15 is 0 Å². The molecule has 0 amide bonds. The summed E-state index contributed by atoms with van der Waals surface area (Å²) in [6.45, 7) is 13.2. The molecule has 92 valence electrons. The predicted molar refractivity (Wildman–Crippen MR) is 73.7 cm³/mol. The maximum atomic E-state index is 6.01. The fraction of sp³-hybridized carbons (Fsp3) is 0.733. The fourth-order valence-corrected chi connectivity index (χ4v) is 2.89. The Morgan fingerprint density at radius 1 is 1.44 bits per heavy atom. The highest BCUT2D eigenvalue weighted by atomic mass is 35.5. The molecule has 16 heavy (non-hydrogen) atoms. The van der Waals surface area contributed by atoms with Gasteiger partial charge in [-0.25, -0.2) is 0 Å². The predicted octanol–water partition coefficient (Wildman–Crippen LogP) is 5.68. The van der Waals surface area contributed by atoms with Gasteiger partial charge in [0.15, 0.2) is 0 Å². The maximum Gasteiger partial charge on any atom is 0.0139 e. The van der Waals surface area contributed by atoms with Crippen LogP contribution in [0.2, 0.25) is 0 Å². The van der Waals surface area contributed by atoms with Gasteiger partial charge in [0, 0.05) is 5.03 Å². The van der Waals surface area contributed by atoms with Crippen LogP contribution in [0.1, 0.15) is 59.8 Å². The molecule has 0 aromatic carbocycles. The molecule has 0 bridgehead atoms. The summed E-state index contributed by atoms with van der Waals surface area (Å²) < 4.78 is 0. The third-order valence-corrected chi connectivity index (χ3v) is 4.47. The lowest BCUT2D eigenvalue weighted by atomic mass is 9.65. The van der Waals surface area contributed by atoms with Crippen molar-refractivity contribution >= 4 is 11.6 Å². The molecule has 1 fully saturated rings. The highest BCUT2D eigenvalue weighted by Gasteiger charge is 2.33. The molecule has 0 spiro atoms. The van der Waals surface area contributed by atoms with Gasteiger partial charge >= 0.3 is 0 Å². The summed E-state index contributed by atoms with van der Waals surface area (Å²) in [5.74, 6) is 0.673. The first-order valence-electron chi connectivity index (χ1n) is 6.34. The van der Waals surface area contributed by atoms with Crippen LogP contribution in [0, 0.1) is 11.3 Å². The van der Waals surface area contributed by atoms with Crippen molar-refractivity contribution in [1.82, 2.24) is 0 Å². The molecule has 0 aromatic heterocycles. The van der Waals surface area contributed by atoms with Crippen molar-refractivity contribution in [2.75, 3.05) is 0 Å². The van der Waals surface area contributed by atoms with Gasteiger partial charge in [0.25, 0.3) is 0 Å². The Balaban J connectivity index is 2.64. The molecule has 1 unspecified atom stereocenters. The van der Waals surface area contributed by atoms with E-state index in [4.69, 9.17) is 11.6 Å². The summed E-state index contributed by atoms with van der Waals surface area (Å²) in [4.78, 5) is 0. The Hall–Kier alpha value is -0.230. The normalized spacial score (nSPS) is 26.6. The molecule has 0 heterocycles. The zero-order valence-corrected chi connectivity index (χ0v) is 12.0. The van der Waals surface area contributed by atoms with Crippen molar-refractivity contribution in [3.8, 4) is 0 Å². The molecule has 1 atom stereocenters. The molecule has 0 nitrogen and oxygen atoms in total. The summed E-state index contributed by atoms with van der Waals surface area (Å²) in [5.41, 5.74) is 3.21. The van der Waals surface area contributed by atoms with Crippen molar-refractivity contribution in [1.29, 1.82) is 0 Å². The Morgan fingerprint density at radius 2 is 2.06 bits per heavy atom. The second-order valence-corrected chi connectivity index (χ2v) is 6.47.